The zero-order valence-electron chi connectivity index (χ0n) is 16.1. The van der Waals surface area contributed by atoms with E-state index in [2.05, 4.69) is 4.72 Å². The molecule has 1 amide bonds. The summed E-state index contributed by atoms with van der Waals surface area (Å²) in [6.45, 7) is 2.56. The zero-order valence-corrected chi connectivity index (χ0v) is 17.7. The van der Waals surface area contributed by atoms with Gasteiger partial charge in [-0.2, -0.15) is 8.42 Å². The van der Waals surface area contributed by atoms with E-state index in [0.29, 0.717) is 11.1 Å². The third-order valence-corrected chi connectivity index (χ3v) is 7.60. The lowest BCUT2D eigenvalue weighted by molar-refractivity contribution is -0.117. The molecule has 1 fully saturated rings. The molecule has 1 aliphatic heterocycles. The number of hydrogen-bond donors (Lipinski definition) is 3. The fraction of sp³-hybridized carbons (Fsp3) is 0.278. The fourth-order valence-electron chi connectivity index (χ4n) is 2.85. The number of anilines is 2. The molecule has 3 rings (SSSR count). The van der Waals surface area contributed by atoms with Crippen LogP contribution in [0.25, 0.3) is 0 Å². The summed E-state index contributed by atoms with van der Waals surface area (Å²) in [5, 5.41) is 9.60. The molecule has 0 radical (unpaired) electrons. The first-order valence-corrected chi connectivity index (χ1v) is 11.8. The molecule has 0 unspecified atom stereocenters. The Morgan fingerprint density at radius 1 is 1.23 bits per heavy atom. The highest BCUT2D eigenvalue weighted by Gasteiger charge is 2.35. The summed E-state index contributed by atoms with van der Waals surface area (Å²) in [5.74, 6) is -1.68. The molecule has 1 aliphatic rings. The minimum atomic E-state index is -4.08. The van der Waals surface area contributed by atoms with E-state index >= 15 is 0 Å². The van der Waals surface area contributed by atoms with Gasteiger partial charge in [0.25, 0.3) is 5.91 Å². The summed E-state index contributed by atoms with van der Waals surface area (Å²) < 4.78 is 67.0. The van der Waals surface area contributed by atoms with E-state index in [1.807, 2.05) is 4.72 Å². The SMILES string of the molecule is CC(C)S(=O)(=O)Nc1ccc(F)cc1Cc1ccc(N2CC(=O)NS2(=O)=O)c(O)c1. The molecular weight excluding hydrogens is 437 g/mol. The van der Waals surface area contributed by atoms with Crippen LogP contribution in [0.4, 0.5) is 15.8 Å². The van der Waals surface area contributed by atoms with Gasteiger partial charge in [-0.05, 0) is 61.7 Å². The van der Waals surface area contributed by atoms with Gasteiger partial charge in [0.2, 0.25) is 10.0 Å². The standard InChI is InChI=1S/C18H20FN3O6S2/c1-11(2)29(25,26)20-15-5-4-14(19)9-13(15)7-12-3-6-16(17(23)8-12)22-10-18(24)21-30(22,27)28/h3-6,8-9,11,20,23H,7,10H2,1-2H3,(H,21,24). The second kappa shape index (κ2) is 7.76. The average Bonchev–Trinajstić information content (AvgIpc) is 2.89. The van der Waals surface area contributed by atoms with Gasteiger partial charge in [0.05, 0.1) is 16.6 Å². The van der Waals surface area contributed by atoms with Crippen molar-refractivity contribution in [2.45, 2.75) is 25.5 Å². The lowest BCUT2D eigenvalue weighted by Gasteiger charge is -2.18. The van der Waals surface area contributed by atoms with Crippen molar-refractivity contribution in [3.05, 3.63) is 53.3 Å². The van der Waals surface area contributed by atoms with Crippen LogP contribution in [-0.2, 0) is 31.4 Å². The molecule has 0 saturated carbocycles. The summed E-state index contributed by atoms with van der Waals surface area (Å²) in [4.78, 5) is 11.4. The molecule has 30 heavy (non-hydrogen) atoms. The van der Waals surface area contributed by atoms with Crippen molar-refractivity contribution >= 4 is 37.5 Å². The Morgan fingerprint density at radius 3 is 2.50 bits per heavy atom. The number of sulfonamides is 1. The summed E-state index contributed by atoms with van der Waals surface area (Å²) >= 11 is 0. The first kappa shape index (κ1) is 21.8. The first-order chi connectivity index (χ1) is 13.9. The second-order valence-corrected chi connectivity index (χ2v) is 10.9. The number of benzene rings is 2. The molecule has 0 bridgehead atoms. The molecule has 0 aliphatic carbocycles. The monoisotopic (exact) mass is 457 g/mol. The van der Waals surface area contributed by atoms with Gasteiger partial charge in [-0.25, -0.2) is 21.8 Å². The van der Waals surface area contributed by atoms with E-state index < -0.39 is 49.5 Å². The van der Waals surface area contributed by atoms with Crippen LogP contribution in [0.15, 0.2) is 36.4 Å². The molecule has 0 atom stereocenters. The van der Waals surface area contributed by atoms with Gasteiger partial charge in [-0.1, -0.05) is 6.07 Å². The van der Waals surface area contributed by atoms with Gasteiger partial charge in [0.15, 0.2) is 0 Å². The van der Waals surface area contributed by atoms with E-state index in [4.69, 9.17) is 0 Å². The van der Waals surface area contributed by atoms with Crippen molar-refractivity contribution in [2.75, 3.05) is 15.6 Å². The average molecular weight is 458 g/mol. The molecule has 2 aromatic carbocycles. The Balaban J connectivity index is 1.92. The van der Waals surface area contributed by atoms with Crippen LogP contribution in [0.2, 0.25) is 0 Å². The number of phenols is 1. The van der Waals surface area contributed by atoms with Crippen molar-refractivity contribution in [3.63, 3.8) is 0 Å². The quantitative estimate of drug-likeness (QED) is 0.601. The van der Waals surface area contributed by atoms with Crippen LogP contribution in [-0.4, -0.2) is 39.6 Å². The van der Waals surface area contributed by atoms with Crippen LogP contribution in [0.3, 0.4) is 0 Å². The van der Waals surface area contributed by atoms with Gasteiger partial charge >= 0.3 is 10.2 Å². The number of halogens is 1. The minimum absolute atomic E-state index is 0.0610. The lowest BCUT2D eigenvalue weighted by Crippen LogP contribution is -2.29. The molecule has 3 N–H and O–H groups in total. The minimum Gasteiger partial charge on any atom is -0.506 e. The first-order valence-electron chi connectivity index (χ1n) is 8.84. The molecule has 0 aromatic heterocycles. The third-order valence-electron chi connectivity index (χ3n) is 4.46. The van der Waals surface area contributed by atoms with Crippen LogP contribution < -0.4 is 13.7 Å². The Bertz CT molecular complexity index is 1210. The number of phenolic OH excluding ortho intramolecular Hbond substituents is 1. The van der Waals surface area contributed by atoms with Gasteiger partial charge < -0.3 is 5.11 Å². The fourth-order valence-corrected chi connectivity index (χ4v) is 4.75. The van der Waals surface area contributed by atoms with E-state index in [0.717, 1.165) is 10.4 Å². The number of hydrogen-bond acceptors (Lipinski definition) is 6. The molecule has 9 nitrogen and oxygen atoms in total. The highest BCUT2D eigenvalue weighted by molar-refractivity contribution is 7.93. The second-order valence-electron chi connectivity index (χ2n) is 7.03. The molecule has 162 valence electrons. The van der Waals surface area contributed by atoms with Crippen molar-refractivity contribution in [1.29, 1.82) is 0 Å². The maximum Gasteiger partial charge on any atom is 0.326 e. The Kier molecular flexibility index (Phi) is 5.65. The number of nitrogens with one attached hydrogen (secondary N) is 2. The Labute approximate surface area is 173 Å². The number of nitrogens with zero attached hydrogens (tertiary/aromatic N) is 1. The van der Waals surface area contributed by atoms with Crippen LogP contribution in [0.1, 0.15) is 25.0 Å². The summed E-state index contributed by atoms with van der Waals surface area (Å²) in [6, 6.07) is 7.71. The van der Waals surface area contributed by atoms with Crippen molar-refractivity contribution in [1.82, 2.24) is 4.72 Å². The topological polar surface area (TPSA) is 133 Å². The number of rotatable bonds is 6. The molecule has 1 heterocycles. The third kappa shape index (κ3) is 4.49. The molecule has 1 saturated heterocycles. The van der Waals surface area contributed by atoms with Crippen LogP contribution in [0.5, 0.6) is 5.75 Å². The highest BCUT2D eigenvalue weighted by Crippen LogP contribution is 2.32. The van der Waals surface area contributed by atoms with Crippen molar-refractivity contribution < 1.29 is 31.1 Å². The number of carbonyl (C=O) groups is 1. The molecule has 2 aromatic rings. The maximum atomic E-state index is 13.8. The van der Waals surface area contributed by atoms with E-state index in [-0.39, 0.29) is 17.8 Å². The largest absolute Gasteiger partial charge is 0.506 e. The Hall–Kier alpha value is -2.86. The molecule has 12 heteroatoms. The molecule has 0 spiro atoms. The summed E-state index contributed by atoms with van der Waals surface area (Å²) in [7, 11) is -7.73. The predicted octanol–water partition coefficient (Wildman–Crippen LogP) is 1.45. The van der Waals surface area contributed by atoms with E-state index in [1.54, 1.807) is 0 Å². The summed E-state index contributed by atoms with van der Waals surface area (Å²) in [6.07, 6.45) is 0.0610. The number of amides is 1. The lowest BCUT2D eigenvalue weighted by atomic mass is 10.0. The van der Waals surface area contributed by atoms with E-state index in [1.165, 1.54) is 44.2 Å². The van der Waals surface area contributed by atoms with Crippen molar-refractivity contribution in [2.24, 2.45) is 0 Å². The zero-order chi connectivity index (χ0) is 22.3. The normalized spacial score (nSPS) is 16.0. The van der Waals surface area contributed by atoms with Crippen molar-refractivity contribution in [3.8, 4) is 5.75 Å². The van der Waals surface area contributed by atoms with Crippen LogP contribution in [0, 0.1) is 5.82 Å². The van der Waals surface area contributed by atoms with E-state index in [9.17, 15) is 31.1 Å². The number of aromatic hydroxyl groups is 1. The van der Waals surface area contributed by atoms with Gasteiger partial charge in [-0.15, -0.1) is 0 Å². The van der Waals surface area contributed by atoms with Crippen LogP contribution >= 0.6 is 0 Å². The Morgan fingerprint density at radius 2 is 1.93 bits per heavy atom. The van der Waals surface area contributed by atoms with Gasteiger partial charge in [0, 0.05) is 0 Å². The number of carbonyl (C=O) groups excluding carboxylic acids is 1. The maximum absolute atomic E-state index is 13.8. The molecular formula is C18H20FN3O6S2. The predicted molar refractivity (Wildman–Crippen MR) is 109 cm³/mol. The summed E-state index contributed by atoms with van der Waals surface area (Å²) in [5.41, 5.74) is 0.919. The van der Waals surface area contributed by atoms with Gasteiger partial charge in [-0.3, -0.25) is 9.52 Å². The highest BCUT2D eigenvalue weighted by atomic mass is 32.2. The smallest absolute Gasteiger partial charge is 0.326 e. The van der Waals surface area contributed by atoms with Gasteiger partial charge in [0.1, 0.15) is 18.1 Å².